The second-order valence-corrected chi connectivity index (χ2v) is 8.29. The Balaban J connectivity index is 1.47. The van der Waals surface area contributed by atoms with Gasteiger partial charge >= 0.3 is 0 Å². The molecular weight excluding hydrogens is 374 g/mol. The molecule has 1 aromatic carbocycles. The van der Waals surface area contributed by atoms with Gasteiger partial charge in [0.15, 0.2) is 17.3 Å². The first-order chi connectivity index (χ1) is 12.9. The topological polar surface area (TPSA) is 102 Å². The molecule has 144 valence electrons. The molecule has 4 rings (SSSR count). The molecule has 1 fully saturated rings. The normalized spacial score (nSPS) is 17.3. The van der Waals surface area contributed by atoms with Gasteiger partial charge in [-0.05, 0) is 32.0 Å². The minimum atomic E-state index is -3.70. The minimum absolute atomic E-state index is 0.109. The lowest BCUT2D eigenvalue weighted by Crippen LogP contribution is -2.50. The molecule has 0 radical (unpaired) electrons. The van der Waals surface area contributed by atoms with E-state index in [4.69, 9.17) is 14.0 Å². The molecule has 0 bridgehead atoms. The van der Waals surface area contributed by atoms with E-state index in [0.29, 0.717) is 35.8 Å². The van der Waals surface area contributed by atoms with Crippen LogP contribution in [-0.4, -0.2) is 61.7 Å². The predicted molar refractivity (Wildman–Crippen MR) is 93.2 cm³/mol. The summed E-state index contributed by atoms with van der Waals surface area (Å²) < 4.78 is 42.6. The number of rotatable bonds is 3. The van der Waals surface area contributed by atoms with Crippen molar-refractivity contribution in [2.75, 3.05) is 33.0 Å². The molecule has 9 nitrogen and oxygen atoms in total. The van der Waals surface area contributed by atoms with Crippen molar-refractivity contribution in [3.8, 4) is 11.5 Å². The van der Waals surface area contributed by atoms with Gasteiger partial charge in [0, 0.05) is 31.7 Å². The molecule has 10 heteroatoms. The predicted octanol–water partition coefficient (Wildman–Crippen LogP) is 1.17. The van der Waals surface area contributed by atoms with Crippen LogP contribution in [0.2, 0.25) is 0 Å². The van der Waals surface area contributed by atoms with Crippen LogP contribution >= 0.6 is 0 Å². The smallest absolute Gasteiger partial charge is 0.254 e. The number of benzene rings is 1. The summed E-state index contributed by atoms with van der Waals surface area (Å²) >= 11 is 0. The van der Waals surface area contributed by atoms with Crippen LogP contribution in [0.15, 0.2) is 27.6 Å². The lowest BCUT2D eigenvalue weighted by molar-refractivity contribution is 0.0697. The summed E-state index contributed by atoms with van der Waals surface area (Å²) in [5, 5.41) is 3.72. The molecule has 0 atom stereocenters. The molecule has 3 heterocycles. The van der Waals surface area contributed by atoms with Crippen LogP contribution in [-0.2, 0) is 10.0 Å². The molecule has 0 spiro atoms. The van der Waals surface area contributed by atoms with Gasteiger partial charge in [0.2, 0.25) is 16.8 Å². The molecule has 1 saturated heterocycles. The van der Waals surface area contributed by atoms with Crippen LogP contribution < -0.4 is 9.47 Å². The first-order valence-corrected chi connectivity index (χ1v) is 9.94. The minimum Gasteiger partial charge on any atom is -0.454 e. The van der Waals surface area contributed by atoms with Crippen molar-refractivity contribution >= 4 is 15.9 Å². The van der Waals surface area contributed by atoms with Gasteiger partial charge in [-0.3, -0.25) is 4.79 Å². The van der Waals surface area contributed by atoms with Crippen LogP contribution in [0.4, 0.5) is 0 Å². The van der Waals surface area contributed by atoms with Gasteiger partial charge < -0.3 is 18.9 Å². The molecule has 2 aliphatic heterocycles. The zero-order valence-electron chi connectivity index (χ0n) is 15.0. The Morgan fingerprint density at radius 1 is 1.07 bits per heavy atom. The third-order valence-electron chi connectivity index (χ3n) is 4.71. The molecular formula is C17H19N3O6S. The van der Waals surface area contributed by atoms with Crippen molar-refractivity contribution in [1.29, 1.82) is 0 Å². The van der Waals surface area contributed by atoms with Gasteiger partial charge in [-0.25, -0.2) is 8.42 Å². The molecule has 0 saturated carbocycles. The number of sulfonamides is 1. The maximum Gasteiger partial charge on any atom is 0.254 e. The number of amides is 1. The molecule has 0 N–H and O–H groups in total. The summed E-state index contributed by atoms with van der Waals surface area (Å²) in [5.41, 5.74) is 0.827. The summed E-state index contributed by atoms with van der Waals surface area (Å²) in [6.45, 7) is 4.34. The fourth-order valence-corrected chi connectivity index (χ4v) is 5.03. The molecule has 2 aliphatic rings. The first-order valence-electron chi connectivity index (χ1n) is 8.50. The van der Waals surface area contributed by atoms with Crippen molar-refractivity contribution in [2.24, 2.45) is 0 Å². The Kier molecular flexibility index (Phi) is 4.31. The lowest BCUT2D eigenvalue weighted by atomic mass is 10.1. The molecule has 1 amide bonds. The average Bonchev–Trinajstić information content (AvgIpc) is 3.26. The lowest BCUT2D eigenvalue weighted by Gasteiger charge is -2.34. The van der Waals surface area contributed by atoms with Crippen LogP contribution in [0.3, 0.4) is 0 Å². The number of fused-ring (bicyclic) bond motifs is 1. The van der Waals surface area contributed by atoms with Crippen molar-refractivity contribution in [1.82, 2.24) is 14.4 Å². The highest BCUT2D eigenvalue weighted by Gasteiger charge is 2.34. The Morgan fingerprint density at radius 3 is 2.44 bits per heavy atom. The van der Waals surface area contributed by atoms with Gasteiger partial charge in [-0.2, -0.15) is 4.31 Å². The van der Waals surface area contributed by atoms with E-state index < -0.39 is 10.0 Å². The average molecular weight is 393 g/mol. The summed E-state index contributed by atoms with van der Waals surface area (Å²) in [5.74, 6) is 1.26. The van der Waals surface area contributed by atoms with Crippen LogP contribution in [0, 0.1) is 13.8 Å². The number of nitrogens with zero attached hydrogens (tertiary/aromatic N) is 3. The van der Waals surface area contributed by atoms with Crippen molar-refractivity contribution in [3.63, 3.8) is 0 Å². The summed E-state index contributed by atoms with van der Waals surface area (Å²) in [6.07, 6.45) is 0. The van der Waals surface area contributed by atoms with E-state index in [2.05, 4.69) is 5.16 Å². The van der Waals surface area contributed by atoms with E-state index in [9.17, 15) is 13.2 Å². The third kappa shape index (κ3) is 3.04. The molecule has 2 aromatic rings. The van der Waals surface area contributed by atoms with E-state index >= 15 is 0 Å². The van der Waals surface area contributed by atoms with Crippen molar-refractivity contribution in [2.45, 2.75) is 18.7 Å². The molecule has 0 unspecified atom stereocenters. The maximum absolute atomic E-state index is 12.9. The standard InChI is InChI=1S/C17H19N3O6S/c1-11-16(12(2)26-18-11)27(22,23)20-7-5-19(6-8-20)17(21)13-3-4-14-15(9-13)25-10-24-14/h3-4,9H,5-8,10H2,1-2H3. The second kappa shape index (κ2) is 6.54. The number of carbonyl (C=O) groups excluding carboxylic acids is 1. The first kappa shape index (κ1) is 17.8. The zero-order chi connectivity index (χ0) is 19.2. The van der Waals surface area contributed by atoms with Crippen LogP contribution in [0.25, 0.3) is 0 Å². The number of piperazine rings is 1. The van der Waals surface area contributed by atoms with Crippen molar-refractivity contribution < 1.29 is 27.2 Å². The third-order valence-corrected chi connectivity index (χ3v) is 6.85. The largest absolute Gasteiger partial charge is 0.454 e. The monoisotopic (exact) mass is 393 g/mol. The van der Waals surface area contributed by atoms with E-state index in [1.807, 2.05) is 0 Å². The van der Waals surface area contributed by atoms with Crippen LogP contribution in [0.5, 0.6) is 11.5 Å². The summed E-state index contributed by atoms with van der Waals surface area (Å²) in [4.78, 5) is 14.5. The number of carbonyl (C=O) groups is 1. The number of aromatic nitrogens is 1. The highest BCUT2D eigenvalue weighted by Crippen LogP contribution is 2.33. The van der Waals surface area contributed by atoms with Gasteiger partial charge in [-0.1, -0.05) is 5.16 Å². The van der Waals surface area contributed by atoms with E-state index in [0.717, 1.165) is 0 Å². The molecule has 1 aromatic heterocycles. The second-order valence-electron chi connectivity index (χ2n) is 6.42. The quantitative estimate of drug-likeness (QED) is 0.771. The fourth-order valence-electron chi connectivity index (χ4n) is 3.32. The number of ether oxygens (including phenoxy) is 2. The van der Waals surface area contributed by atoms with E-state index in [-0.39, 0.29) is 36.4 Å². The summed E-state index contributed by atoms with van der Waals surface area (Å²) in [6, 6.07) is 5.04. The Morgan fingerprint density at radius 2 is 1.78 bits per heavy atom. The Hall–Kier alpha value is -2.59. The fraction of sp³-hybridized carbons (Fsp3) is 0.412. The van der Waals surface area contributed by atoms with Crippen LogP contribution in [0.1, 0.15) is 21.8 Å². The van der Waals surface area contributed by atoms with Gasteiger partial charge in [-0.15, -0.1) is 0 Å². The zero-order valence-corrected chi connectivity index (χ0v) is 15.8. The highest BCUT2D eigenvalue weighted by molar-refractivity contribution is 7.89. The van der Waals surface area contributed by atoms with Crippen molar-refractivity contribution in [3.05, 3.63) is 35.2 Å². The van der Waals surface area contributed by atoms with E-state index in [1.165, 1.54) is 4.31 Å². The number of hydrogen-bond acceptors (Lipinski definition) is 7. The van der Waals surface area contributed by atoms with Gasteiger partial charge in [0.25, 0.3) is 5.91 Å². The summed E-state index contributed by atoms with van der Waals surface area (Å²) in [7, 11) is -3.70. The molecule has 0 aliphatic carbocycles. The van der Waals surface area contributed by atoms with Gasteiger partial charge in [0.1, 0.15) is 10.6 Å². The van der Waals surface area contributed by atoms with Gasteiger partial charge in [0.05, 0.1) is 0 Å². The number of aryl methyl sites for hydroxylation is 2. The maximum atomic E-state index is 12.9. The Bertz CT molecular complexity index is 973. The SMILES string of the molecule is Cc1noc(C)c1S(=O)(=O)N1CCN(C(=O)c2ccc3c(c2)OCO3)CC1. The highest BCUT2D eigenvalue weighted by atomic mass is 32.2. The Labute approximate surface area is 156 Å². The van der Waals surface area contributed by atoms with E-state index in [1.54, 1.807) is 36.9 Å². The number of hydrogen-bond donors (Lipinski definition) is 0. The molecule has 27 heavy (non-hydrogen) atoms.